The summed E-state index contributed by atoms with van der Waals surface area (Å²) >= 11 is 0. The number of nitrogens with one attached hydrogen (secondary N) is 2. The highest BCUT2D eigenvalue weighted by molar-refractivity contribution is 5.91. The van der Waals surface area contributed by atoms with Gasteiger partial charge in [0.2, 0.25) is 5.91 Å². The Labute approximate surface area is 114 Å². The average Bonchev–Trinajstić information content (AvgIpc) is 2.71. The number of hydrogen-bond acceptors (Lipinski definition) is 4. The highest BCUT2D eigenvalue weighted by atomic mass is 16.2. The van der Waals surface area contributed by atoms with Crippen LogP contribution in [0, 0.1) is 13.8 Å². The van der Waals surface area contributed by atoms with Crippen LogP contribution in [0.3, 0.4) is 0 Å². The molecule has 0 spiro atoms. The summed E-state index contributed by atoms with van der Waals surface area (Å²) in [5.41, 5.74) is 1.07. The lowest BCUT2D eigenvalue weighted by Crippen LogP contribution is -2.39. The Balaban J connectivity index is 2.19. The average molecular weight is 277 g/mol. The number of aromatic nitrogens is 4. The van der Waals surface area contributed by atoms with Crippen LogP contribution in [0.2, 0.25) is 0 Å². The number of aromatic amines is 1. The molecule has 0 bridgehead atoms. The predicted molar refractivity (Wildman–Crippen MR) is 72.6 cm³/mol. The van der Waals surface area contributed by atoms with Crippen molar-refractivity contribution in [3.05, 3.63) is 44.5 Å². The van der Waals surface area contributed by atoms with Gasteiger partial charge < -0.3 is 5.32 Å². The molecule has 0 saturated heterocycles. The van der Waals surface area contributed by atoms with Crippen molar-refractivity contribution in [3.8, 4) is 0 Å². The van der Waals surface area contributed by atoms with Gasteiger partial charge in [0.25, 0.3) is 5.56 Å². The highest BCUT2D eigenvalue weighted by Gasteiger charge is 2.11. The van der Waals surface area contributed by atoms with E-state index in [9.17, 15) is 14.4 Å². The van der Waals surface area contributed by atoms with E-state index in [1.165, 1.54) is 23.9 Å². The zero-order valence-corrected chi connectivity index (χ0v) is 11.4. The molecular weight excluding hydrogens is 262 g/mol. The molecule has 0 aliphatic heterocycles. The number of amides is 1. The minimum Gasteiger partial charge on any atom is -0.321 e. The zero-order chi connectivity index (χ0) is 14.9. The molecule has 1 amide bonds. The summed E-state index contributed by atoms with van der Waals surface area (Å²) in [4.78, 5) is 35.0. The number of rotatable bonds is 3. The first kappa shape index (κ1) is 13.8. The molecule has 2 aromatic rings. The molecule has 8 heteroatoms. The van der Waals surface area contributed by atoms with Crippen LogP contribution < -0.4 is 16.6 Å². The molecule has 2 rings (SSSR count). The van der Waals surface area contributed by atoms with Gasteiger partial charge in [-0.15, -0.1) is 0 Å². The van der Waals surface area contributed by atoms with Crippen molar-refractivity contribution in [2.45, 2.75) is 20.4 Å². The highest BCUT2D eigenvalue weighted by Crippen LogP contribution is 2.15. The van der Waals surface area contributed by atoms with Gasteiger partial charge in [-0.2, -0.15) is 5.10 Å². The molecule has 0 saturated carbocycles. The number of H-pyrrole nitrogens is 1. The van der Waals surface area contributed by atoms with Crippen LogP contribution in [0.4, 0.5) is 5.69 Å². The van der Waals surface area contributed by atoms with Gasteiger partial charge in [-0.05, 0) is 13.8 Å². The molecule has 0 aliphatic carbocycles. The van der Waals surface area contributed by atoms with Gasteiger partial charge in [-0.1, -0.05) is 0 Å². The molecule has 20 heavy (non-hydrogen) atoms. The lowest BCUT2D eigenvalue weighted by Gasteiger charge is -2.08. The zero-order valence-electron chi connectivity index (χ0n) is 11.4. The Morgan fingerprint density at radius 3 is 2.70 bits per heavy atom. The smallest absolute Gasteiger partial charge is 0.321 e. The van der Waals surface area contributed by atoms with E-state index in [0.717, 1.165) is 10.3 Å². The Morgan fingerprint density at radius 1 is 1.40 bits per heavy atom. The Hall–Kier alpha value is -2.64. The van der Waals surface area contributed by atoms with Gasteiger partial charge in [0.1, 0.15) is 6.54 Å². The van der Waals surface area contributed by atoms with Crippen LogP contribution in [0.1, 0.15) is 11.4 Å². The summed E-state index contributed by atoms with van der Waals surface area (Å²) in [6, 6.07) is 1.24. The molecule has 2 N–H and O–H groups in total. The minimum absolute atomic E-state index is 0.170. The quantitative estimate of drug-likeness (QED) is 0.791. The van der Waals surface area contributed by atoms with E-state index < -0.39 is 11.2 Å². The number of carbonyl (C=O) groups excluding carboxylic acids is 1. The van der Waals surface area contributed by atoms with Crippen LogP contribution in [-0.4, -0.2) is 25.2 Å². The van der Waals surface area contributed by atoms with Crippen molar-refractivity contribution in [1.29, 1.82) is 0 Å². The van der Waals surface area contributed by atoms with Crippen molar-refractivity contribution >= 4 is 11.6 Å². The second-order valence-corrected chi connectivity index (χ2v) is 4.48. The summed E-state index contributed by atoms with van der Waals surface area (Å²) in [6.07, 6.45) is 1.30. The SMILES string of the molecule is Cc1n[nH]c(C)c1NC(=O)Cn1ccc(=O)n(C)c1=O. The first-order valence-electron chi connectivity index (χ1n) is 5.98. The van der Waals surface area contributed by atoms with Gasteiger partial charge >= 0.3 is 5.69 Å². The number of anilines is 1. The van der Waals surface area contributed by atoms with Gasteiger partial charge in [-0.25, -0.2) is 4.79 Å². The molecule has 0 radical (unpaired) electrons. The molecule has 8 nitrogen and oxygen atoms in total. The van der Waals surface area contributed by atoms with Gasteiger partial charge in [-0.3, -0.25) is 23.8 Å². The summed E-state index contributed by atoms with van der Waals surface area (Å²) in [5, 5.41) is 9.41. The van der Waals surface area contributed by atoms with Gasteiger partial charge in [0.15, 0.2) is 0 Å². The first-order chi connectivity index (χ1) is 9.40. The van der Waals surface area contributed by atoms with Crippen molar-refractivity contribution < 1.29 is 4.79 Å². The van der Waals surface area contributed by atoms with E-state index in [4.69, 9.17) is 0 Å². The van der Waals surface area contributed by atoms with Crippen molar-refractivity contribution in [2.24, 2.45) is 7.05 Å². The Kier molecular flexibility index (Phi) is 3.55. The van der Waals surface area contributed by atoms with Crippen LogP contribution in [-0.2, 0) is 18.4 Å². The minimum atomic E-state index is -0.534. The number of nitrogens with zero attached hydrogens (tertiary/aromatic N) is 3. The van der Waals surface area contributed by atoms with E-state index in [2.05, 4.69) is 15.5 Å². The van der Waals surface area contributed by atoms with Crippen LogP contribution >= 0.6 is 0 Å². The fourth-order valence-corrected chi connectivity index (χ4v) is 1.81. The summed E-state index contributed by atoms with van der Waals surface area (Å²) in [7, 11) is 1.36. The van der Waals surface area contributed by atoms with Crippen LogP contribution in [0.5, 0.6) is 0 Å². The fraction of sp³-hybridized carbons (Fsp3) is 0.333. The van der Waals surface area contributed by atoms with E-state index >= 15 is 0 Å². The molecular formula is C12H15N5O3. The second kappa shape index (κ2) is 5.16. The molecule has 0 unspecified atom stereocenters. The maximum Gasteiger partial charge on any atom is 0.331 e. The van der Waals surface area contributed by atoms with Crippen LogP contribution in [0.25, 0.3) is 0 Å². The summed E-state index contributed by atoms with van der Waals surface area (Å²) in [5.74, 6) is -0.363. The van der Waals surface area contributed by atoms with Crippen LogP contribution in [0.15, 0.2) is 21.9 Å². The molecule has 2 heterocycles. The van der Waals surface area contributed by atoms with E-state index in [-0.39, 0.29) is 12.5 Å². The number of carbonyl (C=O) groups is 1. The Morgan fingerprint density at radius 2 is 2.10 bits per heavy atom. The maximum atomic E-state index is 11.9. The van der Waals surface area contributed by atoms with Crippen molar-refractivity contribution in [3.63, 3.8) is 0 Å². The third kappa shape index (κ3) is 2.53. The number of aryl methyl sites for hydroxylation is 2. The molecule has 106 valence electrons. The lowest BCUT2D eigenvalue weighted by molar-refractivity contribution is -0.116. The lowest BCUT2D eigenvalue weighted by atomic mass is 10.3. The van der Waals surface area contributed by atoms with Gasteiger partial charge in [0, 0.05) is 19.3 Å². The Bertz CT molecular complexity index is 749. The standard InChI is InChI=1S/C12H15N5O3/c1-7-11(8(2)15-14-7)13-9(18)6-17-5-4-10(19)16(3)12(17)20/h4-5H,6H2,1-3H3,(H,13,18)(H,14,15). The van der Waals surface area contributed by atoms with E-state index in [1.54, 1.807) is 13.8 Å². The normalized spacial score (nSPS) is 10.6. The molecule has 0 aromatic carbocycles. The third-order valence-electron chi connectivity index (χ3n) is 2.97. The first-order valence-corrected chi connectivity index (χ1v) is 5.98. The monoisotopic (exact) mass is 277 g/mol. The topological polar surface area (TPSA) is 102 Å². The molecule has 0 atom stereocenters. The fourth-order valence-electron chi connectivity index (χ4n) is 1.81. The predicted octanol–water partition coefficient (Wildman–Crippen LogP) is -0.474. The molecule has 0 aliphatic rings. The second-order valence-electron chi connectivity index (χ2n) is 4.48. The van der Waals surface area contributed by atoms with E-state index in [0.29, 0.717) is 11.4 Å². The molecule has 0 fully saturated rings. The third-order valence-corrected chi connectivity index (χ3v) is 2.97. The maximum absolute atomic E-state index is 11.9. The number of hydrogen-bond donors (Lipinski definition) is 2. The van der Waals surface area contributed by atoms with Gasteiger partial charge in [0.05, 0.1) is 17.1 Å². The van der Waals surface area contributed by atoms with E-state index in [1.807, 2.05) is 0 Å². The largest absolute Gasteiger partial charge is 0.331 e. The van der Waals surface area contributed by atoms with Crippen molar-refractivity contribution in [1.82, 2.24) is 19.3 Å². The van der Waals surface area contributed by atoms with Crippen molar-refractivity contribution in [2.75, 3.05) is 5.32 Å². The molecule has 2 aromatic heterocycles. The summed E-state index contributed by atoms with van der Waals surface area (Å²) < 4.78 is 2.11. The summed E-state index contributed by atoms with van der Waals surface area (Å²) in [6.45, 7) is 3.38.